The second kappa shape index (κ2) is 5.13. The summed E-state index contributed by atoms with van der Waals surface area (Å²) >= 11 is 1.57. The number of imide groups is 1. The third-order valence-electron chi connectivity index (χ3n) is 2.89. The van der Waals surface area contributed by atoms with Gasteiger partial charge in [-0.2, -0.15) is 0 Å². The molecule has 0 radical (unpaired) electrons. The minimum absolute atomic E-state index is 0.175. The average Bonchev–Trinajstić information content (AvgIpc) is 2.51. The molecule has 0 spiro atoms. The molecule has 0 aliphatic carbocycles. The Balaban J connectivity index is 1.90. The predicted octanol–water partition coefficient (Wildman–Crippen LogP) is 1.69. The smallest absolute Gasteiger partial charge is 0.325 e. The fourth-order valence-corrected chi connectivity index (χ4v) is 2.78. The van der Waals surface area contributed by atoms with E-state index < -0.39 is 5.54 Å². The summed E-state index contributed by atoms with van der Waals surface area (Å²) in [5.41, 5.74) is 5.61. The van der Waals surface area contributed by atoms with Gasteiger partial charge in [0.1, 0.15) is 5.54 Å². The van der Waals surface area contributed by atoms with Crippen molar-refractivity contribution in [2.75, 3.05) is 18.0 Å². The van der Waals surface area contributed by atoms with Crippen LogP contribution in [0.2, 0.25) is 0 Å². The number of nitrogen functional groups attached to an aromatic ring is 1. The molecule has 1 saturated heterocycles. The van der Waals surface area contributed by atoms with E-state index in [4.69, 9.17) is 5.73 Å². The monoisotopic (exact) mass is 279 g/mol. The molecule has 3 N–H and O–H groups in total. The first-order valence-electron chi connectivity index (χ1n) is 6.02. The molecule has 3 amide bonds. The average molecular weight is 279 g/mol. The van der Waals surface area contributed by atoms with Crippen LogP contribution in [0.15, 0.2) is 29.2 Å². The molecule has 1 fully saturated rings. The summed E-state index contributed by atoms with van der Waals surface area (Å²) in [5, 5.41) is 2.66. The minimum Gasteiger partial charge on any atom is -0.399 e. The van der Waals surface area contributed by atoms with Crippen molar-refractivity contribution < 1.29 is 9.59 Å². The topological polar surface area (TPSA) is 75.4 Å². The zero-order valence-electron chi connectivity index (χ0n) is 11.0. The van der Waals surface area contributed by atoms with Crippen molar-refractivity contribution in [3.63, 3.8) is 0 Å². The van der Waals surface area contributed by atoms with Gasteiger partial charge in [0, 0.05) is 22.9 Å². The molecular weight excluding hydrogens is 262 g/mol. The predicted molar refractivity (Wildman–Crippen MR) is 75.9 cm³/mol. The van der Waals surface area contributed by atoms with Gasteiger partial charge in [0.05, 0.1) is 0 Å². The van der Waals surface area contributed by atoms with Crippen LogP contribution < -0.4 is 11.1 Å². The highest BCUT2D eigenvalue weighted by Gasteiger charge is 2.43. The SMILES string of the molecule is CC1(C)NC(=O)N(CCSc2cccc(N)c2)C1=O. The van der Waals surface area contributed by atoms with E-state index in [0.29, 0.717) is 18.0 Å². The lowest BCUT2D eigenvalue weighted by Gasteiger charge is -2.15. The Kier molecular flexibility index (Phi) is 3.71. The number of hydrogen-bond acceptors (Lipinski definition) is 4. The van der Waals surface area contributed by atoms with Crippen LogP contribution in [0.4, 0.5) is 10.5 Å². The van der Waals surface area contributed by atoms with Gasteiger partial charge in [0.15, 0.2) is 0 Å². The summed E-state index contributed by atoms with van der Waals surface area (Å²) in [7, 11) is 0. The highest BCUT2D eigenvalue weighted by molar-refractivity contribution is 7.99. The number of hydrogen-bond donors (Lipinski definition) is 2. The van der Waals surface area contributed by atoms with Gasteiger partial charge in [-0.25, -0.2) is 4.79 Å². The molecule has 0 bridgehead atoms. The number of carbonyl (C=O) groups excluding carboxylic acids is 2. The van der Waals surface area contributed by atoms with Crippen LogP contribution >= 0.6 is 11.8 Å². The Labute approximate surface area is 116 Å². The fraction of sp³-hybridized carbons (Fsp3) is 0.385. The van der Waals surface area contributed by atoms with E-state index in [2.05, 4.69) is 5.32 Å². The maximum absolute atomic E-state index is 11.9. The zero-order valence-corrected chi connectivity index (χ0v) is 11.8. The van der Waals surface area contributed by atoms with Gasteiger partial charge >= 0.3 is 6.03 Å². The van der Waals surface area contributed by atoms with Crippen LogP contribution in [0.1, 0.15) is 13.8 Å². The van der Waals surface area contributed by atoms with Gasteiger partial charge in [-0.3, -0.25) is 9.69 Å². The second-order valence-corrected chi connectivity index (χ2v) is 6.10. The molecule has 1 aliphatic rings. The van der Waals surface area contributed by atoms with Crippen LogP contribution in [0.5, 0.6) is 0 Å². The van der Waals surface area contributed by atoms with Gasteiger partial charge in [-0.15, -0.1) is 11.8 Å². The molecule has 1 aromatic carbocycles. The Morgan fingerprint density at radius 2 is 2.11 bits per heavy atom. The first kappa shape index (κ1) is 13.7. The largest absolute Gasteiger partial charge is 0.399 e. The third-order valence-corrected chi connectivity index (χ3v) is 3.86. The van der Waals surface area contributed by atoms with E-state index in [9.17, 15) is 9.59 Å². The minimum atomic E-state index is -0.793. The molecule has 1 aromatic rings. The molecular formula is C13H17N3O2S. The van der Waals surface area contributed by atoms with Crippen LogP contribution in [0, 0.1) is 0 Å². The van der Waals surface area contributed by atoms with E-state index in [-0.39, 0.29) is 11.9 Å². The summed E-state index contributed by atoms with van der Waals surface area (Å²) in [6, 6.07) is 7.22. The summed E-state index contributed by atoms with van der Waals surface area (Å²) in [4.78, 5) is 25.9. The Hall–Kier alpha value is -1.69. The van der Waals surface area contributed by atoms with Gasteiger partial charge in [-0.1, -0.05) is 6.07 Å². The summed E-state index contributed by atoms with van der Waals surface area (Å²) in [6.45, 7) is 3.81. The Bertz CT molecular complexity index is 516. The highest BCUT2D eigenvalue weighted by atomic mass is 32.2. The number of nitrogens with one attached hydrogen (secondary N) is 1. The molecule has 2 rings (SSSR count). The van der Waals surface area contributed by atoms with Crippen molar-refractivity contribution in [1.29, 1.82) is 0 Å². The molecule has 0 aromatic heterocycles. The fourth-order valence-electron chi connectivity index (χ4n) is 1.88. The first-order valence-corrected chi connectivity index (χ1v) is 7.01. The van der Waals surface area contributed by atoms with Gasteiger partial charge in [0.25, 0.3) is 5.91 Å². The van der Waals surface area contributed by atoms with E-state index in [0.717, 1.165) is 4.90 Å². The zero-order chi connectivity index (χ0) is 14.0. The number of rotatable bonds is 4. The van der Waals surface area contributed by atoms with Crippen molar-refractivity contribution in [2.45, 2.75) is 24.3 Å². The lowest BCUT2D eigenvalue weighted by atomic mass is 10.1. The second-order valence-electron chi connectivity index (χ2n) is 4.93. The maximum atomic E-state index is 11.9. The molecule has 1 heterocycles. The van der Waals surface area contributed by atoms with E-state index in [1.54, 1.807) is 25.6 Å². The summed E-state index contributed by atoms with van der Waals surface area (Å²) in [6.07, 6.45) is 0. The summed E-state index contributed by atoms with van der Waals surface area (Å²) in [5.74, 6) is 0.476. The van der Waals surface area contributed by atoms with Crippen molar-refractivity contribution >= 4 is 29.4 Å². The lowest BCUT2D eigenvalue weighted by Crippen LogP contribution is -2.40. The summed E-state index contributed by atoms with van der Waals surface area (Å²) < 4.78 is 0. The van der Waals surface area contributed by atoms with Crippen LogP contribution in [0.3, 0.4) is 0 Å². The number of nitrogens with zero attached hydrogens (tertiary/aromatic N) is 1. The number of benzene rings is 1. The van der Waals surface area contributed by atoms with Crippen molar-refractivity contribution in [3.8, 4) is 0 Å². The molecule has 0 unspecified atom stereocenters. The maximum Gasteiger partial charge on any atom is 0.325 e. The number of urea groups is 1. The van der Waals surface area contributed by atoms with Gasteiger partial charge < -0.3 is 11.1 Å². The third kappa shape index (κ3) is 3.01. The first-order chi connectivity index (χ1) is 8.90. The van der Waals surface area contributed by atoms with E-state index in [1.807, 2.05) is 24.3 Å². The Morgan fingerprint density at radius 3 is 2.68 bits per heavy atom. The van der Waals surface area contributed by atoms with E-state index >= 15 is 0 Å². The van der Waals surface area contributed by atoms with Crippen molar-refractivity contribution in [2.24, 2.45) is 0 Å². The van der Waals surface area contributed by atoms with Crippen LogP contribution in [-0.2, 0) is 4.79 Å². The molecule has 0 saturated carbocycles. The van der Waals surface area contributed by atoms with Crippen molar-refractivity contribution in [1.82, 2.24) is 10.2 Å². The highest BCUT2D eigenvalue weighted by Crippen LogP contribution is 2.22. The number of anilines is 1. The molecule has 1 aliphatic heterocycles. The number of carbonyl (C=O) groups is 2. The molecule has 5 nitrogen and oxygen atoms in total. The van der Waals surface area contributed by atoms with E-state index in [1.165, 1.54) is 4.90 Å². The molecule has 6 heteroatoms. The normalized spacial score (nSPS) is 17.7. The standard InChI is InChI=1S/C13H17N3O2S/c1-13(2)11(17)16(12(18)15-13)6-7-19-10-5-3-4-9(14)8-10/h3-5,8H,6-7,14H2,1-2H3,(H,15,18). The number of amides is 3. The molecule has 0 atom stereocenters. The van der Waals surface area contributed by atoms with Crippen molar-refractivity contribution in [3.05, 3.63) is 24.3 Å². The quantitative estimate of drug-likeness (QED) is 0.499. The van der Waals surface area contributed by atoms with Gasteiger partial charge in [0.2, 0.25) is 0 Å². The number of nitrogens with two attached hydrogens (primary N) is 1. The Morgan fingerprint density at radius 1 is 1.37 bits per heavy atom. The van der Waals surface area contributed by atoms with Crippen LogP contribution in [0.25, 0.3) is 0 Å². The van der Waals surface area contributed by atoms with Gasteiger partial charge in [-0.05, 0) is 32.0 Å². The van der Waals surface area contributed by atoms with Crippen LogP contribution in [-0.4, -0.2) is 34.7 Å². The molecule has 102 valence electrons. The number of thioether (sulfide) groups is 1. The molecule has 19 heavy (non-hydrogen) atoms. The lowest BCUT2D eigenvalue weighted by molar-refractivity contribution is -0.130.